The molecular formula is C25H28N2O2S. The molecule has 2 saturated heterocycles. The summed E-state index contributed by atoms with van der Waals surface area (Å²) in [7, 11) is 0. The minimum Gasteiger partial charge on any atom is -0.490 e. The molecular weight excluding hydrogens is 392 g/mol. The molecule has 0 N–H and O–H groups in total. The molecule has 0 aliphatic carbocycles. The van der Waals surface area contributed by atoms with Crippen molar-refractivity contribution in [1.82, 2.24) is 9.80 Å². The molecule has 3 heterocycles. The Balaban J connectivity index is 1.12. The molecule has 3 aromatic rings. The number of ether oxygens (including phenoxy) is 1. The lowest BCUT2D eigenvalue weighted by molar-refractivity contribution is 0.0792. The molecule has 0 spiro atoms. The van der Waals surface area contributed by atoms with Crippen molar-refractivity contribution in [2.24, 2.45) is 0 Å². The van der Waals surface area contributed by atoms with E-state index >= 15 is 0 Å². The van der Waals surface area contributed by atoms with Gasteiger partial charge < -0.3 is 9.64 Å². The summed E-state index contributed by atoms with van der Waals surface area (Å²) in [5, 5.41) is 1.35. The number of piperidine rings is 1. The van der Waals surface area contributed by atoms with Gasteiger partial charge >= 0.3 is 0 Å². The highest BCUT2D eigenvalue weighted by molar-refractivity contribution is 7.19. The van der Waals surface area contributed by atoms with Crippen molar-refractivity contribution in [3.63, 3.8) is 0 Å². The number of carbonyl (C=O) groups excluding carboxylic acids is 1. The Bertz CT molecular complexity index is 966. The fourth-order valence-corrected chi connectivity index (χ4v) is 5.60. The van der Waals surface area contributed by atoms with Gasteiger partial charge in [0.25, 0.3) is 5.91 Å². The van der Waals surface area contributed by atoms with Gasteiger partial charge in [-0.1, -0.05) is 18.2 Å². The van der Waals surface area contributed by atoms with Gasteiger partial charge in [-0.25, -0.2) is 0 Å². The van der Waals surface area contributed by atoms with Crippen molar-refractivity contribution in [1.29, 1.82) is 0 Å². The number of hydrogen-bond acceptors (Lipinski definition) is 4. The van der Waals surface area contributed by atoms with E-state index in [4.69, 9.17) is 4.74 Å². The van der Waals surface area contributed by atoms with Gasteiger partial charge in [0.15, 0.2) is 0 Å². The van der Waals surface area contributed by atoms with Gasteiger partial charge in [0.05, 0.1) is 0 Å². The van der Waals surface area contributed by atoms with E-state index in [0.29, 0.717) is 0 Å². The average molecular weight is 421 g/mol. The van der Waals surface area contributed by atoms with Gasteiger partial charge in [-0.2, -0.15) is 0 Å². The fourth-order valence-electron chi connectivity index (χ4n) is 4.49. The Morgan fingerprint density at radius 3 is 2.43 bits per heavy atom. The first kappa shape index (κ1) is 19.6. The molecule has 156 valence electrons. The molecule has 30 heavy (non-hydrogen) atoms. The largest absolute Gasteiger partial charge is 0.490 e. The first-order valence-corrected chi connectivity index (χ1v) is 11.8. The molecule has 5 rings (SSSR count). The molecule has 4 nitrogen and oxygen atoms in total. The van der Waals surface area contributed by atoms with Crippen LogP contribution in [0.25, 0.3) is 10.1 Å². The zero-order valence-electron chi connectivity index (χ0n) is 17.3. The van der Waals surface area contributed by atoms with Crippen LogP contribution in [-0.4, -0.2) is 48.0 Å². The summed E-state index contributed by atoms with van der Waals surface area (Å²) >= 11 is 1.90. The minimum atomic E-state index is 0.147. The third-order valence-electron chi connectivity index (χ3n) is 6.19. The summed E-state index contributed by atoms with van der Waals surface area (Å²) in [5.41, 5.74) is 0.766. The number of carbonyl (C=O) groups is 1. The predicted molar refractivity (Wildman–Crippen MR) is 122 cm³/mol. The first-order valence-electron chi connectivity index (χ1n) is 11.0. The Hall–Kier alpha value is -2.37. The summed E-state index contributed by atoms with van der Waals surface area (Å²) in [4.78, 5) is 18.4. The summed E-state index contributed by atoms with van der Waals surface area (Å²) in [6, 6.07) is 18.7. The summed E-state index contributed by atoms with van der Waals surface area (Å²) in [5.74, 6) is 1.02. The van der Waals surface area contributed by atoms with E-state index < -0.39 is 0 Å². The van der Waals surface area contributed by atoms with Crippen LogP contribution in [0.15, 0.2) is 54.6 Å². The van der Waals surface area contributed by atoms with Gasteiger partial charge in [-0.3, -0.25) is 9.69 Å². The van der Waals surface area contributed by atoms with Crippen molar-refractivity contribution in [3.8, 4) is 5.75 Å². The molecule has 2 fully saturated rings. The van der Waals surface area contributed by atoms with Gasteiger partial charge in [0.1, 0.15) is 11.9 Å². The molecule has 0 unspecified atom stereocenters. The van der Waals surface area contributed by atoms with E-state index in [1.165, 1.54) is 15.0 Å². The molecule has 0 bridgehead atoms. The van der Waals surface area contributed by atoms with Gasteiger partial charge in [-0.05, 0) is 67.5 Å². The van der Waals surface area contributed by atoms with Crippen molar-refractivity contribution in [2.75, 3.05) is 26.2 Å². The maximum atomic E-state index is 12.5. The number of nitrogens with zero attached hydrogens (tertiary/aromatic N) is 2. The topological polar surface area (TPSA) is 32.8 Å². The fraction of sp³-hybridized carbons (Fsp3) is 0.400. The molecule has 2 aliphatic heterocycles. The SMILES string of the molecule is O=C(c1ccc(OC2CCN(Cc3cc4ccccc4s3)CC2)cc1)N1CCCC1. The van der Waals surface area contributed by atoms with E-state index in [2.05, 4.69) is 35.2 Å². The van der Waals surface area contributed by atoms with Crippen LogP contribution in [-0.2, 0) is 6.54 Å². The third-order valence-corrected chi connectivity index (χ3v) is 7.29. The second-order valence-corrected chi connectivity index (χ2v) is 9.54. The van der Waals surface area contributed by atoms with Crippen molar-refractivity contribution in [2.45, 2.75) is 38.3 Å². The van der Waals surface area contributed by atoms with E-state index in [9.17, 15) is 4.79 Å². The van der Waals surface area contributed by atoms with E-state index in [1.54, 1.807) is 0 Å². The van der Waals surface area contributed by atoms with Gasteiger partial charge in [-0.15, -0.1) is 11.3 Å². The molecule has 1 amide bonds. The van der Waals surface area contributed by atoms with Crippen LogP contribution in [0, 0.1) is 0 Å². The summed E-state index contributed by atoms with van der Waals surface area (Å²) < 4.78 is 7.59. The highest BCUT2D eigenvalue weighted by Gasteiger charge is 2.22. The summed E-state index contributed by atoms with van der Waals surface area (Å²) in [6.45, 7) is 4.92. The molecule has 0 atom stereocenters. The second kappa shape index (κ2) is 8.78. The molecule has 0 radical (unpaired) electrons. The third kappa shape index (κ3) is 4.37. The number of benzene rings is 2. The molecule has 2 aliphatic rings. The van der Waals surface area contributed by atoms with Crippen molar-refractivity contribution in [3.05, 3.63) is 65.0 Å². The monoisotopic (exact) mass is 420 g/mol. The molecule has 5 heteroatoms. The lowest BCUT2D eigenvalue weighted by Gasteiger charge is -2.31. The highest BCUT2D eigenvalue weighted by Crippen LogP contribution is 2.28. The van der Waals surface area contributed by atoms with Crippen LogP contribution in [0.2, 0.25) is 0 Å². The van der Waals surface area contributed by atoms with Crippen LogP contribution in [0.5, 0.6) is 5.75 Å². The van der Waals surface area contributed by atoms with Gasteiger partial charge in [0, 0.05) is 47.9 Å². The van der Waals surface area contributed by atoms with Crippen LogP contribution in [0.4, 0.5) is 0 Å². The number of amides is 1. The normalized spacial score (nSPS) is 18.2. The van der Waals surface area contributed by atoms with E-state index in [1.807, 2.05) is 40.5 Å². The average Bonchev–Trinajstić information content (AvgIpc) is 3.45. The standard InChI is InChI=1S/C25H28N2O2S/c28-25(27-13-3-4-14-27)19-7-9-21(10-8-19)29-22-11-15-26(16-12-22)18-23-17-20-5-1-2-6-24(20)30-23/h1-2,5-10,17,22H,3-4,11-16,18H2. The van der Waals surface area contributed by atoms with Crippen molar-refractivity contribution >= 4 is 27.3 Å². The van der Waals surface area contributed by atoms with E-state index in [-0.39, 0.29) is 12.0 Å². The summed E-state index contributed by atoms with van der Waals surface area (Å²) in [6.07, 6.45) is 4.57. The Morgan fingerprint density at radius 2 is 1.70 bits per heavy atom. The smallest absolute Gasteiger partial charge is 0.253 e. The lowest BCUT2D eigenvalue weighted by atomic mass is 10.1. The van der Waals surface area contributed by atoms with Crippen molar-refractivity contribution < 1.29 is 9.53 Å². The zero-order chi connectivity index (χ0) is 20.3. The van der Waals surface area contributed by atoms with Gasteiger partial charge in [0.2, 0.25) is 0 Å². The van der Waals surface area contributed by atoms with E-state index in [0.717, 1.165) is 69.7 Å². The van der Waals surface area contributed by atoms with Crippen LogP contribution >= 0.6 is 11.3 Å². The molecule has 0 saturated carbocycles. The predicted octanol–water partition coefficient (Wildman–Crippen LogP) is 5.18. The Kier molecular flexibility index (Phi) is 5.73. The number of hydrogen-bond donors (Lipinski definition) is 0. The maximum Gasteiger partial charge on any atom is 0.253 e. The number of rotatable bonds is 5. The zero-order valence-corrected chi connectivity index (χ0v) is 18.1. The lowest BCUT2D eigenvalue weighted by Crippen LogP contribution is -2.37. The minimum absolute atomic E-state index is 0.147. The van der Waals surface area contributed by atoms with Crippen LogP contribution in [0.1, 0.15) is 40.9 Å². The second-order valence-electron chi connectivity index (χ2n) is 8.37. The van der Waals surface area contributed by atoms with Crippen LogP contribution < -0.4 is 4.74 Å². The number of fused-ring (bicyclic) bond motifs is 1. The van der Waals surface area contributed by atoms with Crippen LogP contribution in [0.3, 0.4) is 0 Å². The molecule has 2 aromatic carbocycles. The number of likely N-dealkylation sites (tertiary alicyclic amines) is 2. The maximum absolute atomic E-state index is 12.5. The number of thiophene rings is 1. The molecule has 1 aromatic heterocycles. The first-order chi connectivity index (χ1) is 14.7. The highest BCUT2D eigenvalue weighted by atomic mass is 32.1. The Morgan fingerprint density at radius 1 is 0.967 bits per heavy atom. The quantitative estimate of drug-likeness (QED) is 0.570. The Labute approximate surface area is 182 Å².